The molecule has 1 aliphatic heterocycles. The molecule has 2 amide bonds. The molecule has 7 nitrogen and oxygen atoms in total. The molecule has 1 saturated heterocycles. The van der Waals surface area contributed by atoms with E-state index in [9.17, 15) is 9.59 Å². The maximum Gasteiger partial charge on any atom is 0.255 e. The average molecular weight is 487 g/mol. The van der Waals surface area contributed by atoms with Gasteiger partial charge in [0.25, 0.3) is 5.91 Å². The maximum atomic E-state index is 12.7. The molecule has 36 heavy (non-hydrogen) atoms. The Morgan fingerprint density at radius 1 is 0.917 bits per heavy atom. The summed E-state index contributed by atoms with van der Waals surface area (Å²) in [6.45, 7) is 6.65. The minimum Gasteiger partial charge on any atom is -0.379 e. The Balaban J connectivity index is 1.28. The van der Waals surface area contributed by atoms with Gasteiger partial charge in [-0.2, -0.15) is 0 Å². The van der Waals surface area contributed by atoms with E-state index >= 15 is 0 Å². The fourth-order valence-corrected chi connectivity index (χ4v) is 4.20. The molecule has 0 bridgehead atoms. The zero-order chi connectivity index (χ0) is 25.3. The van der Waals surface area contributed by atoms with Crippen LogP contribution in [0.2, 0.25) is 0 Å². The maximum absolute atomic E-state index is 12.7. The van der Waals surface area contributed by atoms with Crippen LogP contribution in [0.1, 0.15) is 34.5 Å². The van der Waals surface area contributed by atoms with E-state index < -0.39 is 0 Å². The molecule has 1 heterocycles. The van der Waals surface area contributed by atoms with Crippen LogP contribution in [0.4, 0.5) is 11.4 Å². The van der Waals surface area contributed by atoms with E-state index in [4.69, 9.17) is 4.74 Å². The zero-order valence-electron chi connectivity index (χ0n) is 20.9. The molecule has 0 aliphatic carbocycles. The number of benzene rings is 3. The Morgan fingerprint density at radius 2 is 1.64 bits per heavy atom. The van der Waals surface area contributed by atoms with Gasteiger partial charge in [-0.25, -0.2) is 0 Å². The largest absolute Gasteiger partial charge is 0.379 e. The second kappa shape index (κ2) is 12.4. The molecule has 2 N–H and O–H groups in total. The van der Waals surface area contributed by atoms with Gasteiger partial charge >= 0.3 is 0 Å². The predicted molar refractivity (Wildman–Crippen MR) is 143 cm³/mol. The van der Waals surface area contributed by atoms with Gasteiger partial charge in [-0.1, -0.05) is 42.5 Å². The lowest BCUT2D eigenvalue weighted by Crippen LogP contribution is -2.35. The quantitative estimate of drug-likeness (QED) is 0.469. The molecule has 1 atom stereocenters. The van der Waals surface area contributed by atoms with Gasteiger partial charge in [0.2, 0.25) is 5.91 Å². The van der Waals surface area contributed by atoms with Crippen LogP contribution in [0.25, 0.3) is 0 Å². The number of amides is 2. The molecule has 0 aromatic heterocycles. The molecular weight excluding hydrogens is 452 g/mol. The van der Waals surface area contributed by atoms with E-state index in [1.165, 1.54) is 5.56 Å². The predicted octanol–water partition coefficient (Wildman–Crippen LogP) is 4.40. The second-order valence-electron chi connectivity index (χ2n) is 9.17. The van der Waals surface area contributed by atoms with Crippen LogP contribution in [0.3, 0.4) is 0 Å². The Hall–Kier alpha value is -3.52. The smallest absolute Gasteiger partial charge is 0.255 e. The van der Waals surface area contributed by atoms with Crippen molar-refractivity contribution in [1.82, 2.24) is 9.80 Å². The van der Waals surface area contributed by atoms with Crippen molar-refractivity contribution < 1.29 is 14.3 Å². The number of likely N-dealkylation sites (N-methyl/N-ethyl adjacent to an activating group) is 1. The summed E-state index contributed by atoms with van der Waals surface area (Å²) >= 11 is 0. The van der Waals surface area contributed by atoms with Crippen LogP contribution in [-0.4, -0.2) is 61.5 Å². The minimum atomic E-state index is -0.149. The summed E-state index contributed by atoms with van der Waals surface area (Å²) in [7, 11) is 1.92. The van der Waals surface area contributed by atoms with Crippen molar-refractivity contribution in [1.29, 1.82) is 0 Å². The van der Waals surface area contributed by atoms with Crippen LogP contribution in [-0.2, 0) is 16.1 Å². The lowest BCUT2D eigenvalue weighted by atomic mass is 10.1. The van der Waals surface area contributed by atoms with E-state index in [0.717, 1.165) is 49.8 Å². The molecule has 188 valence electrons. The molecule has 1 aliphatic rings. The standard InChI is InChI=1S/C29H34N4O3/c1-22(25-9-6-10-27(19-25)31-29(35)24-7-4-3-5-8-24)32(2)21-28(34)30-26-13-11-23(12-14-26)20-33-15-17-36-18-16-33/h3-14,19,22H,15-18,20-21H2,1-2H3,(H,30,34)(H,31,35). The number of hydrogen-bond donors (Lipinski definition) is 2. The Labute approximate surface area is 213 Å². The fourth-order valence-electron chi connectivity index (χ4n) is 4.20. The van der Waals surface area contributed by atoms with E-state index in [-0.39, 0.29) is 24.4 Å². The van der Waals surface area contributed by atoms with Crippen molar-refractivity contribution in [3.8, 4) is 0 Å². The van der Waals surface area contributed by atoms with E-state index in [1.54, 1.807) is 12.1 Å². The van der Waals surface area contributed by atoms with Crippen molar-refractivity contribution in [3.05, 3.63) is 95.6 Å². The monoisotopic (exact) mass is 486 g/mol. The Kier molecular flexibility index (Phi) is 8.84. The number of anilines is 2. The highest BCUT2D eigenvalue weighted by atomic mass is 16.5. The van der Waals surface area contributed by atoms with Gasteiger partial charge in [0.15, 0.2) is 0 Å². The van der Waals surface area contributed by atoms with Crippen molar-refractivity contribution in [2.75, 3.05) is 50.5 Å². The number of ether oxygens (including phenoxy) is 1. The highest BCUT2D eigenvalue weighted by Crippen LogP contribution is 2.22. The number of rotatable bonds is 9. The third kappa shape index (κ3) is 7.24. The average Bonchev–Trinajstić information content (AvgIpc) is 2.90. The molecule has 4 rings (SSSR count). The number of carbonyl (C=O) groups excluding carboxylic acids is 2. The summed E-state index contributed by atoms with van der Waals surface area (Å²) in [6, 6.07) is 24.9. The second-order valence-corrected chi connectivity index (χ2v) is 9.17. The number of nitrogens with zero attached hydrogens (tertiary/aromatic N) is 2. The van der Waals surface area contributed by atoms with Crippen LogP contribution in [0.15, 0.2) is 78.9 Å². The number of morpholine rings is 1. The first-order chi connectivity index (χ1) is 17.5. The summed E-state index contributed by atoms with van der Waals surface area (Å²) < 4.78 is 5.40. The minimum absolute atomic E-state index is 0.0137. The fraction of sp³-hybridized carbons (Fsp3) is 0.310. The molecular formula is C29H34N4O3. The number of nitrogens with one attached hydrogen (secondary N) is 2. The highest BCUT2D eigenvalue weighted by Gasteiger charge is 2.16. The van der Waals surface area contributed by atoms with Crippen molar-refractivity contribution in [2.45, 2.75) is 19.5 Å². The van der Waals surface area contributed by atoms with Crippen LogP contribution >= 0.6 is 0 Å². The summed E-state index contributed by atoms with van der Waals surface area (Å²) in [5.74, 6) is -0.220. The molecule has 1 unspecified atom stereocenters. The summed E-state index contributed by atoms with van der Waals surface area (Å²) in [6.07, 6.45) is 0. The van der Waals surface area contributed by atoms with Crippen LogP contribution < -0.4 is 10.6 Å². The lowest BCUT2D eigenvalue weighted by molar-refractivity contribution is -0.117. The van der Waals surface area contributed by atoms with Crippen molar-refractivity contribution in [2.24, 2.45) is 0 Å². The van der Waals surface area contributed by atoms with Gasteiger partial charge < -0.3 is 15.4 Å². The number of hydrogen-bond acceptors (Lipinski definition) is 5. The van der Waals surface area contributed by atoms with Crippen molar-refractivity contribution in [3.63, 3.8) is 0 Å². The topological polar surface area (TPSA) is 73.9 Å². The first kappa shape index (κ1) is 25.6. The summed E-state index contributed by atoms with van der Waals surface area (Å²) in [4.78, 5) is 29.5. The summed E-state index contributed by atoms with van der Waals surface area (Å²) in [5.41, 5.74) is 4.36. The molecule has 3 aromatic rings. The third-order valence-corrected chi connectivity index (χ3v) is 6.46. The first-order valence-electron chi connectivity index (χ1n) is 12.3. The number of carbonyl (C=O) groups is 2. The highest BCUT2D eigenvalue weighted by molar-refractivity contribution is 6.04. The third-order valence-electron chi connectivity index (χ3n) is 6.46. The molecule has 7 heteroatoms. The lowest BCUT2D eigenvalue weighted by Gasteiger charge is -2.26. The Bertz CT molecular complexity index is 1140. The molecule has 0 spiro atoms. The van der Waals surface area contributed by atoms with E-state index in [2.05, 4.69) is 27.7 Å². The van der Waals surface area contributed by atoms with E-state index in [0.29, 0.717) is 5.56 Å². The SMILES string of the molecule is CC(c1cccc(NC(=O)c2ccccc2)c1)N(C)CC(=O)Nc1ccc(CN2CCOCC2)cc1. The molecule has 1 fully saturated rings. The van der Waals surface area contributed by atoms with Gasteiger partial charge in [-0.15, -0.1) is 0 Å². The zero-order valence-corrected chi connectivity index (χ0v) is 20.9. The van der Waals surface area contributed by atoms with Crippen LogP contribution in [0, 0.1) is 0 Å². The van der Waals surface area contributed by atoms with E-state index in [1.807, 2.05) is 73.5 Å². The van der Waals surface area contributed by atoms with Crippen molar-refractivity contribution >= 4 is 23.2 Å². The molecule has 3 aromatic carbocycles. The summed E-state index contributed by atoms with van der Waals surface area (Å²) in [5, 5.41) is 5.94. The van der Waals surface area contributed by atoms with Gasteiger partial charge in [-0.05, 0) is 61.5 Å². The van der Waals surface area contributed by atoms with Gasteiger partial charge in [0.05, 0.1) is 19.8 Å². The molecule has 0 saturated carbocycles. The van der Waals surface area contributed by atoms with Crippen LogP contribution in [0.5, 0.6) is 0 Å². The molecule has 0 radical (unpaired) electrons. The van der Waals surface area contributed by atoms with Gasteiger partial charge in [-0.3, -0.25) is 19.4 Å². The first-order valence-corrected chi connectivity index (χ1v) is 12.3. The van der Waals surface area contributed by atoms with Gasteiger partial charge in [0.1, 0.15) is 0 Å². The van der Waals surface area contributed by atoms with Gasteiger partial charge in [0, 0.05) is 42.6 Å². The normalized spacial score (nSPS) is 14.9. The Morgan fingerprint density at radius 3 is 2.36 bits per heavy atom.